The first kappa shape index (κ1) is 15.5. The van der Waals surface area contributed by atoms with E-state index in [0.717, 1.165) is 12.8 Å². The molecule has 1 aliphatic rings. The Morgan fingerprint density at radius 1 is 1.33 bits per heavy atom. The average Bonchev–Trinajstić information content (AvgIpc) is 3.26. The summed E-state index contributed by atoms with van der Waals surface area (Å²) in [6.07, 6.45) is 2.54. The Hall–Kier alpha value is -1.91. The molecule has 114 valence electrons. The highest BCUT2D eigenvalue weighted by Crippen LogP contribution is 2.40. The maximum atomic E-state index is 13.5. The predicted molar refractivity (Wildman–Crippen MR) is 79.2 cm³/mol. The van der Waals surface area contributed by atoms with Crippen molar-refractivity contribution in [3.05, 3.63) is 30.1 Å². The minimum absolute atomic E-state index is 0.0112. The number of halogens is 1. The van der Waals surface area contributed by atoms with Gasteiger partial charge in [-0.25, -0.2) is 4.39 Å². The van der Waals surface area contributed by atoms with Crippen molar-refractivity contribution < 1.29 is 14.0 Å². The fourth-order valence-corrected chi connectivity index (χ4v) is 2.33. The third-order valence-corrected chi connectivity index (χ3v) is 3.80. The van der Waals surface area contributed by atoms with Crippen LogP contribution < -0.4 is 5.32 Å². The van der Waals surface area contributed by atoms with E-state index < -0.39 is 5.82 Å². The van der Waals surface area contributed by atoms with E-state index >= 15 is 0 Å². The van der Waals surface area contributed by atoms with Crippen LogP contribution in [0.1, 0.15) is 26.2 Å². The van der Waals surface area contributed by atoms with Crippen molar-refractivity contribution in [2.75, 3.05) is 18.9 Å². The Balaban J connectivity index is 1.87. The summed E-state index contributed by atoms with van der Waals surface area (Å²) in [5.74, 6) is -1.31. The van der Waals surface area contributed by atoms with Gasteiger partial charge < -0.3 is 10.2 Å². The molecule has 4 nitrogen and oxygen atoms in total. The minimum Gasteiger partial charge on any atom is -0.346 e. The van der Waals surface area contributed by atoms with Crippen molar-refractivity contribution in [3.63, 3.8) is 0 Å². The topological polar surface area (TPSA) is 49.4 Å². The van der Waals surface area contributed by atoms with Gasteiger partial charge in [-0.1, -0.05) is 25.5 Å². The van der Waals surface area contributed by atoms with E-state index in [0.29, 0.717) is 13.0 Å². The number of hydrogen-bond donors (Lipinski definition) is 1. The molecule has 2 rings (SSSR count). The number of carbonyl (C=O) groups excluding carboxylic acids is 2. The number of anilines is 1. The zero-order valence-electron chi connectivity index (χ0n) is 12.4. The van der Waals surface area contributed by atoms with Gasteiger partial charge in [0.25, 0.3) is 0 Å². The van der Waals surface area contributed by atoms with Gasteiger partial charge in [-0.15, -0.1) is 0 Å². The molecule has 0 saturated heterocycles. The van der Waals surface area contributed by atoms with Gasteiger partial charge in [-0.2, -0.15) is 0 Å². The van der Waals surface area contributed by atoms with Gasteiger partial charge in [-0.05, 0) is 25.0 Å². The van der Waals surface area contributed by atoms with Crippen LogP contribution in [0.5, 0.6) is 0 Å². The molecule has 2 amide bonds. The van der Waals surface area contributed by atoms with Crippen LogP contribution in [0.15, 0.2) is 24.3 Å². The SMILES string of the molecule is CCCCN(C)C(=O)C1CC1C(=O)Nc1ccccc1F. The summed E-state index contributed by atoms with van der Waals surface area (Å²) in [4.78, 5) is 25.8. The second kappa shape index (κ2) is 6.70. The molecule has 5 heteroatoms. The second-order valence-electron chi connectivity index (χ2n) is 5.53. The van der Waals surface area contributed by atoms with E-state index in [2.05, 4.69) is 12.2 Å². The highest BCUT2D eigenvalue weighted by atomic mass is 19.1. The van der Waals surface area contributed by atoms with Crippen molar-refractivity contribution in [2.24, 2.45) is 11.8 Å². The first-order chi connectivity index (χ1) is 10.0. The monoisotopic (exact) mass is 292 g/mol. The molecule has 1 aromatic rings. The summed E-state index contributed by atoms with van der Waals surface area (Å²) in [7, 11) is 1.77. The fourth-order valence-electron chi connectivity index (χ4n) is 2.33. The van der Waals surface area contributed by atoms with E-state index in [-0.39, 0.29) is 29.3 Å². The molecule has 1 aliphatic carbocycles. The van der Waals surface area contributed by atoms with Gasteiger partial charge in [-0.3, -0.25) is 9.59 Å². The Morgan fingerprint density at radius 2 is 2.05 bits per heavy atom. The molecule has 1 aromatic carbocycles. The van der Waals surface area contributed by atoms with Crippen LogP contribution in [-0.4, -0.2) is 30.3 Å². The number of nitrogens with zero attached hydrogens (tertiary/aromatic N) is 1. The number of nitrogens with one attached hydrogen (secondary N) is 1. The largest absolute Gasteiger partial charge is 0.346 e. The van der Waals surface area contributed by atoms with Crippen molar-refractivity contribution in [2.45, 2.75) is 26.2 Å². The van der Waals surface area contributed by atoms with E-state index in [1.165, 1.54) is 12.1 Å². The quantitative estimate of drug-likeness (QED) is 0.876. The molecule has 0 bridgehead atoms. The lowest BCUT2D eigenvalue weighted by Gasteiger charge is -2.16. The van der Waals surface area contributed by atoms with Gasteiger partial charge in [0.2, 0.25) is 11.8 Å². The number of para-hydroxylation sites is 1. The van der Waals surface area contributed by atoms with Crippen molar-refractivity contribution in [3.8, 4) is 0 Å². The number of unbranched alkanes of at least 4 members (excludes halogenated alkanes) is 1. The Morgan fingerprint density at radius 3 is 2.71 bits per heavy atom. The highest BCUT2D eigenvalue weighted by Gasteiger charge is 2.49. The summed E-state index contributed by atoms with van der Waals surface area (Å²) in [6, 6.07) is 6.04. The van der Waals surface area contributed by atoms with Crippen LogP contribution in [0.25, 0.3) is 0 Å². The smallest absolute Gasteiger partial charge is 0.228 e. The summed E-state index contributed by atoms with van der Waals surface area (Å²) >= 11 is 0. The first-order valence-electron chi connectivity index (χ1n) is 7.35. The fraction of sp³-hybridized carbons (Fsp3) is 0.500. The lowest BCUT2D eigenvalue weighted by molar-refractivity contribution is -0.132. The summed E-state index contributed by atoms with van der Waals surface area (Å²) in [5.41, 5.74) is 0.167. The number of hydrogen-bond acceptors (Lipinski definition) is 2. The molecule has 0 radical (unpaired) electrons. The predicted octanol–water partition coefficient (Wildman–Crippen LogP) is 2.66. The highest BCUT2D eigenvalue weighted by molar-refractivity contribution is 5.99. The van der Waals surface area contributed by atoms with Crippen LogP contribution in [0.4, 0.5) is 10.1 Å². The second-order valence-corrected chi connectivity index (χ2v) is 5.53. The lowest BCUT2D eigenvalue weighted by atomic mass is 10.2. The molecule has 1 fully saturated rings. The Labute approximate surface area is 124 Å². The van der Waals surface area contributed by atoms with Crippen LogP contribution in [0.3, 0.4) is 0 Å². The van der Waals surface area contributed by atoms with E-state index in [1.807, 2.05) is 0 Å². The summed E-state index contributed by atoms with van der Waals surface area (Å²) in [6.45, 7) is 2.79. The molecule has 0 spiro atoms. The number of amides is 2. The first-order valence-corrected chi connectivity index (χ1v) is 7.35. The maximum Gasteiger partial charge on any atom is 0.228 e. The molecule has 2 atom stereocenters. The molecular formula is C16H21FN2O2. The van der Waals surface area contributed by atoms with Crippen LogP contribution in [-0.2, 0) is 9.59 Å². The van der Waals surface area contributed by atoms with Crippen molar-refractivity contribution in [1.82, 2.24) is 4.90 Å². The van der Waals surface area contributed by atoms with Crippen LogP contribution in [0.2, 0.25) is 0 Å². The molecule has 1 saturated carbocycles. The number of benzene rings is 1. The summed E-state index contributed by atoms with van der Waals surface area (Å²) in [5, 5.41) is 2.55. The third-order valence-electron chi connectivity index (χ3n) is 3.80. The van der Waals surface area contributed by atoms with Crippen molar-refractivity contribution >= 4 is 17.5 Å². The van der Waals surface area contributed by atoms with Gasteiger partial charge >= 0.3 is 0 Å². The number of carbonyl (C=O) groups is 2. The van der Waals surface area contributed by atoms with Crippen LogP contribution in [0, 0.1) is 17.7 Å². The van der Waals surface area contributed by atoms with Crippen molar-refractivity contribution in [1.29, 1.82) is 0 Å². The van der Waals surface area contributed by atoms with E-state index in [4.69, 9.17) is 0 Å². The lowest BCUT2D eigenvalue weighted by Crippen LogP contribution is -2.30. The van der Waals surface area contributed by atoms with E-state index in [1.54, 1.807) is 24.1 Å². The zero-order valence-corrected chi connectivity index (χ0v) is 12.4. The summed E-state index contributed by atoms with van der Waals surface area (Å²) < 4.78 is 13.5. The normalized spacial score (nSPS) is 20.0. The van der Waals surface area contributed by atoms with E-state index in [9.17, 15) is 14.0 Å². The minimum atomic E-state index is -0.463. The molecule has 0 aliphatic heterocycles. The van der Waals surface area contributed by atoms with Gasteiger partial charge in [0.1, 0.15) is 5.82 Å². The molecule has 0 aromatic heterocycles. The average molecular weight is 292 g/mol. The molecule has 0 heterocycles. The molecule has 21 heavy (non-hydrogen) atoms. The van der Waals surface area contributed by atoms with Crippen LogP contribution >= 0.6 is 0 Å². The number of rotatable bonds is 6. The molecule has 2 unspecified atom stereocenters. The molecule has 1 N–H and O–H groups in total. The Kier molecular flexibility index (Phi) is 4.94. The molecular weight excluding hydrogens is 271 g/mol. The standard InChI is InChI=1S/C16H21FN2O2/c1-3-4-9-19(2)16(21)12-10-11(12)15(20)18-14-8-6-5-7-13(14)17/h5-8,11-12H,3-4,9-10H2,1-2H3,(H,18,20). The van der Waals surface area contributed by atoms with Gasteiger partial charge in [0.15, 0.2) is 0 Å². The Bertz CT molecular complexity index is 533. The zero-order chi connectivity index (χ0) is 15.4. The van der Waals surface area contributed by atoms with Gasteiger partial charge in [0, 0.05) is 13.6 Å². The maximum absolute atomic E-state index is 13.5. The third kappa shape index (κ3) is 3.80. The van der Waals surface area contributed by atoms with Gasteiger partial charge in [0.05, 0.1) is 17.5 Å².